The van der Waals surface area contributed by atoms with E-state index in [1.807, 2.05) is 6.07 Å². The van der Waals surface area contributed by atoms with Gasteiger partial charge in [0, 0.05) is 5.69 Å². The molecule has 0 saturated carbocycles. The molecule has 0 saturated heterocycles. The molecule has 0 aliphatic rings. The average molecular weight is 370 g/mol. The molecular weight excluding hydrogens is 365 g/mol. The van der Waals surface area contributed by atoms with Crippen molar-refractivity contribution in [1.82, 2.24) is 14.6 Å². The van der Waals surface area contributed by atoms with E-state index in [2.05, 4.69) is 19.9 Å². The van der Waals surface area contributed by atoms with Crippen LogP contribution in [0.4, 0.5) is 15.2 Å². The Morgan fingerprint density at radius 3 is 3.00 bits per heavy atom. The fraction of sp³-hybridized carbons (Fsp3) is 0. The number of hydrogen-bond donors (Lipinski definition) is 1. The fourth-order valence-corrected chi connectivity index (χ4v) is 4.62. The molecule has 0 bridgehead atoms. The fourth-order valence-electron chi connectivity index (χ4n) is 1.49. The van der Waals surface area contributed by atoms with Crippen LogP contribution in [-0.2, 0) is 0 Å². The molecule has 3 rings (SSSR count). The van der Waals surface area contributed by atoms with E-state index < -0.39 is 0 Å². The SMILES string of the molecule is N#Cc1c(Cl)nsc1Sc1nnc(Nc2cccc(F)c2)s1. The molecule has 0 unspecified atom stereocenters. The molecule has 22 heavy (non-hydrogen) atoms. The predicted molar refractivity (Wildman–Crippen MR) is 85.6 cm³/mol. The van der Waals surface area contributed by atoms with E-state index >= 15 is 0 Å². The van der Waals surface area contributed by atoms with Crippen molar-refractivity contribution in [2.24, 2.45) is 0 Å². The summed E-state index contributed by atoms with van der Waals surface area (Å²) in [5.41, 5.74) is 0.928. The van der Waals surface area contributed by atoms with E-state index in [4.69, 9.17) is 16.9 Å². The summed E-state index contributed by atoms with van der Waals surface area (Å²) < 4.78 is 18.4. The molecule has 0 atom stereocenters. The van der Waals surface area contributed by atoms with E-state index in [1.54, 1.807) is 12.1 Å². The zero-order valence-electron chi connectivity index (χ0n) is 10.6. The molecule has 0 amide bonds. The Hall–Kier alpha value is -1.73. The molecular formula is C12H5ClFN5S3. The zero-order chi connectivity index (χ0) is 15.5. The van der Waals surface area contributed by atoms with Gasteiger partial charge >= 0.3 is 0 Å². The normalized spacial score (nSPS) is 10.4. The van der Waals surface area contributed by atoms with Crippen molar-refractivity contribution >= 4 is 57.1 Å². The standard InChI is InChI=1S/C12H5ClFN5S3/c13-9-8(5-15)10(22-19-9)20-12-18-17-11(21-12)16-7-3-1-2-6(14)4-7/h1-4H,(H,16,17). The second-order valence-electron chi connectivity index (χ2n) is 3.86. The second kappa shape index (κ2) is 6.58. The Kier molecular flexibility index (Phi) is 4.54. The van der Waals surface area contributed by atoms with Crippen molar-refractivity contribution in [1.29, 1.82) is 5.26 Å². The monoisotopic (exact) mass is 369 g/mol. The lowest BCUT2D eigenvalue weighted by molar-refractivity contribution is 0.628. The Morgan fingerprint density at radius 2 is 2.23 bits per heavy atom. The highest BCUT2D eigenvalue weighted by atomic mass is 35.5. The van der Waals surface area contributed by atoms with Gasteiger partial charge < -0.3 is 5.32 Å². The Morgan fingerprint density at radius 1 is 1.36 bits per heavy atom. The first-order valence-electron chi connectivity index (χ1n) is 5.75. The lowest BCUT2D eigenvalue weighted by Crippen LogP contribution is -1.89. The number of nitrogens with one attached hydrogen (secondary N) is 1. The molecule has 3 aromatic rings. The molecule has 0 aliphatic carbocycles. The summed E-state index contributed by atoms with van der Waals surface area (Å²) in [4.78, 5) is 0. The minimum atomic E-state index is -0.331. The molecule has 0 radical (unpaired) electrons. The van der Waals surface area contributed by atoms with Crippen LogP contribution >= 0.6 is 46.2 Å². The Labute approximate surface area is 141 Å². The summed E-state index contributed by atoms with van der Waals surface area (Å²) in [6, 6.07) is 8.08. The minimum absolute atomic E-state index is 0.192. The number of benzene rings is 1. The van der Waals surface area contributed by atoms with E-state index in [1.165, 1.54) is 35.2 Å². The number of anilines is 2. The van der Waals surface area contributed by atoms with Gasteiger partial charge in [-0.2, -0.15) is 9.64 Å². The quantitative estimate of drug-likeness (QED) is 0.727. The van der Waals surface area contributed by atoms with Gasteiger partial charge in [0.15, 0.2) is 9.49 Å². The molecule has 2 heterocycles. The Bertz CT molecular complexity index is 857. The van der Waals surface area contributed by atoms with Gasteiger partial charge in [-0.15, -0.1) is 10.2 Å². The van der Waals surface area contributed by atoms with E-state index in [0.29, 0.717) is 24.9 Å². The van der Waals surface area contributed by atoms with Crippen LogP contribution in [0.3, 0.4) is 0 Å². The number of nitriles is 1. The number of halogens is 2. The number of aromatic nitrogens is 3. The number of nitrogens with zero attached hydrogens (tertiary/aromatic N) is 4. The molecule has 10 heteroatoms. The van der Waals surface area contributed by atoms with E-state index in [9.17, 15) is 4.39 Å². The third kappa shape index (κ3) is 3.36. The zero-order valence-corrected chi connectivity index (χ0v) is 13.8. The molecule has 1 aromatic carbocycles. The molecule has 0 spiro atoms. The summed E-state index contributed by atoms with van der Waals surface area (Å²) in [5.74, 6) is -0.331. The maximum atomic E-state index is 13.1. The van der Waals surface area contributed by atoms with Crippen LogP contribution in [0, 0.1) is 17.1 Å². The molecule has 5 nitrogen and oxygen atoms in total. The topological polar surface area (TPSA) is 74.5 Å². The van der Waals surface area contributed by atoms with Crippen molar-refractivity contribution in [2.45, 2.75) is 8.55 Å². The summed E-state index contributed by atoms with van der Waals surface area (Å²) in [6.45, 7) is 0. The average Bonchev–Trinajstić information content (AvgIpc) is 3.06. The van der Waals surface area contributed by atoms with Gasteiger partial charge in [-0.05, 0) is 41.5 Å². The maximum Gasteiger partial charge on any atom is 0.210 e. The molecule has 0 fully saturated rings. The van der Waals surface area contributed by atoms with Gasteiger partial charge in [0.2, 0.25) is 5.13 Å². The van der Waals surface area contributed by atoms with Crippen LogP contribution in [0.25, 0.3) is 0 Å². The van der Waals surface area contributed by atoms with Crippen LogP contribution < -0.4 is 5.32 Å². The van der Waals surface area contributed by atoms with Crippen molar-refractivity contribution in [3.8, 4) is 6.07 Å². The van der Waals surface area contributed by atoms with E-state index in [-0.39, 0.29) is 11.0 Å². The molecule has 2 aromatic heterocycles. The van der Waals surface area contributed by atoms with Crippen LogP contribution in [0.15, 0.2) is 32.8 Å². The molecule has 110 valence electrons. The third-order valence-corrected chi connectivity index (χ3v) is 5.66. The minimum Gasteiger partial charge on any atom is -0.330 e. The summed E-state index contributed by atoms with van der Waals surface area (Å²) in [7, 11) is 0. The second-order valence-corrected chi connectivity index (χ2v) is 7.48. The van der Waals surface area contributed by atoms with Gasteiger partial charge in [0.25, 0.3) is 0 Å². The molecule has 1 N–H and O–H groups in total. The van der Waals surface area contributed by atoms with Gasteiger partial charge in [0.1, 0.15) is 21.7 Å². The van der Waals surface area contributed by atoms with Crippen molar-refractivity contribution in [3.63, 3.8) is 0 Å². The first-order valence-corrected chi connectivity index (χ1v) is 8.53. The van der Waals surface area contributed by atoms with Crippen molar-refractivity contribution in [2.75, 3.05) is 5.32 Å². The van der Waals surface area contributed by atoms with Gasteiger partial charge in [-0.1, -0.05) is 29.0 Å². The highest BCUT2D eigenvalue weighted by Crippen LogP contribution is 2.39. The lowest BCUT2D eigenvalue weighted by atomic mass is 10.3. The highest BCUT2D eigenvalue weighted by Gasteiger charge is 2.15. The van der Waals surface area contributed by atoms with Gasteiger partial charge in [-0.3, -0.25) is 0 Å². The Balaban J connectivity index is 1.75. The highest BCUT2D eigenvalue weighted by molar-refractivity contribution is 8.02. The lowest BCUT2D eigenvalue weighted by Gasteiger charge is -2.00. The summed E-state index contributed by atoms with van der Waals surface area (Å²) >= 11 is 9.52. The number of hydrogen-bond acceptors (Lipinski definition) is 8. The van der Waals surface area contributed by atoms with Crippen LogP contribution in [-0.4, -0.2) is 14.6 Å². The van der Waals surface area contributed by atoms with Crippen molar-refractivity contribution < 1.29 is 4.39 Å². The maximum absolute atomic E-state index is 13.1. The van der Waals surface area contributed by atoms with Crippen LogP contribution in [0.2, 0.25) is 5.15 Å². The third-order valence-electron chi connectivity index (χ3n) is 2.39. The molecule has 0 aliphatic heterocycles. The summed E-state index contributed by atoms with van der Waals surface area (Å²) in [6.07, 6.45) is 0. The van der Waals surface area contributed by atoms with Crippen LogP contribution in [0.1, 0.15) is 5.56 Å². The van der Waals surface area contributed by atoms with E-state index in [0.717, 1.165) is 11.5 Å². The smallest absolute Gasteiger partial charge is 0.210 e. The van der Waals surface area contributed by atoms with Crippen molar-refractivity contribution in [3.05, 3.63) is 40.8 Å². The first kappa shape index (κ1) is 15.2. The largest absolute Gasteiger partial charge is 0.330 e. The predicted octanol–water partition coefficient (Wildman–Crippen LogP) is 4.55. The number of rotatable bonds is 4. The first-order chi connectivity index (χ1) is 10.7. The van der Waals surface area contributed by atoms with Crippen LogP contribution in [0.5, 0.6) is 0 Å². The van der Waals surface area contributed by atoms with Gasteiger partial charge in [-0.25, -0.2) is 4.39 Å². The van der Waals surface area contributed by atoms with Gasteiger partial charge in [0.05, 0.1) is 0 Å². The summed E-state index contributed by atoms with van der Waals surface area (Å²) in [5, 5.41) is 20.7.